The largest absolute Gasteiger partial charge is 0.502 e. The Hall–Kier alpha value is -3.26. The van der Waals surface area contributed by atoms with Gasteiger partial charge in [0.15, 0.2) is 11.5 Å². The number of rotatable bonds is 10. The minimum Gasteiger partial charge on any atom is -0.502 e. The number of nitrogens with zero attached hydrogens (tertiary/aromatic N) is 3. The Balaban J connectivity index is 1.24. The molecule has 1 aliphatic carbocycles. The first-order chi connectivity index (χ1) is 17.0. The maximum absolute atomic E-state index is 10.1. The average molecular weight is 480 g/mol. The first-order valence-corrected chi connectivity index (χ1v) is 12.4. The predicted molar refractivity (Wildman–Crippen MR) is 141 cm³/mol. The molecule has 0 unspecified atom stereocenters. The van der Waals surface area contributed by atoms with E-state index in [1.807, 2.05) is 49.3 Å². The Morgan fingerprint density at radius 3 is 2.29 bits per heavy atom. The second-order valence-corrected chi connectivity index (χ2v) is 9.38. The van der Waals surface area contributed by atoms with Crippen LogP contribution < -0.4 is 25.0 Å². The van der Waals surface area contributed by atoms with Gasteiger partial charge in [0.2, 0.25) is 11.7 Å². The molecule has 8 nitrogen and oxygen atoms in total. The fourth-order valence-corrected chi connectivity index (χ4v) is 4.78. The van der Waals surface area contributed by atoms with E-state index in [9.17, 15) is 5.11 Å². The van der Waals surface area contributed by atoms with Gasteiger partial charge in [-0.05, 0) is 74.9 Å². The molecule has 3 N–H and O–H groups in total. The third kappa shape index (κ3) is 6.06. The zero-order valence-corrected chi connectivity index (χ0v) is 21.2. The van der Waals surface area contributed by atoms with Crippen LogP contribution in [0.2, 0.25) is 0 Å². The van der Waals surface area contributed by atoms with Crippen molar-refractivity contribution in [3.8, 4) is 17.2 Å². The number of phenols is 1. The number of aromatic hydroxyl groups is 1. The van der Waals surface area contributed by atoms with Gasteiger partial charge in [-0.1, -0.05) is 12.1 Å². The highest BCUT2D eigenvalue weighted by atomic mass is 16.5. The highest BCUT2D eigenvalue weighted by Gasteiger charge is 2.22. The monoisotopic (exact) mass is 479 g/mol. The number of methoxy groups -OCH3 is 2. The molecule has 1 heterocycles. The zero-order chi connectivity index (χ0) is 24.8. The fourth-order valence-electron chi connectivity index (χ4n) is 4.78. The van der Waals surface area contributed by atoms with Gasteiger partial charge >= 0.3 is 0 Å². The summed E-state index contributed by atoms with van der Waals surface area (Å²) in [6.45, 7) is 0.953. The second kappa shape index (κ2) is 11.4. The predicted octanol–water partition coefficient (Wildman–Crippen LogP) is 4.36. The molecule has 0 atom stereocenters. The summed E-state index contributed by atoms with van der Waals surface area (Å²) < 4.78 is 10.5. The van der Waals surface area contributed by atoms with Crippen LogP contribution in [-0.4, -0.2) is 62.0 Å². The van der Waals surface area contributed by atoms with Crippen molar-refractivity contribution in [2.75, 3.05) is 45.1 Å². The SMILES string of the molecule is COc1cc(CCCNC2CCC(Nc3nc(N(C)C)c4ccccc4n3)CC2)cc(OC)c1O. The van der Waals surface area contributed by atoms with Gasteiger partial charge in [-0.25, -0.2) is 4.98 Å². The lowest BCUT2D eigenvalue weighted by atomic mass is 9.91. The quantitative estimate of drug-likeness (QED) is 0.370. The molecule has 35 heavy (non-hydrogen) atoms. The van der Waals surface area contributed by atoms with Gasteiger partial charge in [0, 0.05) is 31.6 Å². The summed E-state index contributed by atoms with van der Waals surface area (Å²) in [5, 5.41) is 18.4. The Labute approximate surface area is 207 Å². The molecule has 1 saturated carbocycles. The number of aryl methyl sites for hydroxylation is 1. The smallest absolute Gasteiger partial charge is 0.225 e. The first-order valence-electron chi connectivity index (χ1n) is 12.4. The fraction of sp³-hybridized carbons (Fsp3) is 0.481. The number of anilines is 2. The van der Waals surface area contributed by atoms with Gasteiger partial charge in [-0.3, -0.25) is 0 Å². The molecule has 2 aromatic carbocycles. The molecular formula is C27H37N5O3. The minimum absolute atomic E-state index is 0.0503. The summed E-state index contributed by atoms with van der Waals surface area (Å²) in [4.78, 5) is 11.6. The highest BCUT2D eigenvalue weighted by Crippen LogP contribution is 2.37. The summed E-state index contributed by atoms with van der Waals surface area (Å²) in [7, 11) is 7.14. The number of benzene rings is 2. The van der Waals surface area contributed by atoms with E-state index < -0.39 is 0 Å². The Kier molecular flexibility index (Phi) is 8.13. The molecule has 1 aromatic heterocycles. The topological polar surface area (TPSA) is 91.8 Å². The zero-order valence-electron chi connectivity index (χ0n) is 21.2. The van der Waals surface area contributed by atoms with Crippen LogP contribution in [0.4, 0.5) is 11.8 Å². The minimum atomic E-state index is 0.0503. The number of hydrogen-bond acceptors (Lipinski definition) is 8. The van der Waals surface area contributed by atoms with Crippen molar-refractivity contribution in [2.24, 2.45) is 0 Å². The van der Waals surface area contributed by atoms with Gasteiger partial charge in [0.1, 0.15) is 5.82 Å². The van der Waals surface area contributed by atoms with E-state index in [4.69, 9.17) is 19.4 Å². The van der Waals surface area contributed by atoms with Crippen LogP contribution in [0.3, 0.4) is 0 Å². The Bertz CT molecular complexity index is 1100. The summed E-state index contributed by atoms with van der Waals surface area (Å²) in [5.41, 5.74) is 2.06. The van der Waals surface area contributed by atoms with E-state index in [1.54, 1.807) is 14.2 Å². The molecule has 0 saturated heterocycles. The van der Waals surface area contributed by atoms with Crippen LogP contribution in [0.15, 0.2) is 36.4 Å². The van der Waals surface area contributed by atoms with Crippen LogP contribution in [0.25, 0.3) is 10.9 Å². The number of aromatic nitrogens is 2. The molecule has 3 aromatic rings. The third-order valence-corrected chi connectivity index (χ3v) is 6.68. The van der Waals surface area contributed by atoms with Gasteiger partial charge < -0.3 is 30.1 Å². The molecule has 0 aliphatic heterocycles. The molecule has 0 radical (unpaired) electrons. The van der Waals surface area contributed by atoms with Crippen LogP contribution in [-0.2, 0) is 6.42 Å². The van der Waals surface area contributed by atoms with E-state index in [1.165, 1.54) is 0 Å². The third-order valence-electron chi connectivity index (χ3n) is 6.68. The van der Waals surface area contributed by atoms with E-state index >= 15 is 0 Å². The van der Waals surface area contributed by atoms with Crippen LogP contribution in [0.5, 0.6) is 17.2 Å². The standard InChI is InChI=1S/C27H37N5O3/c1-32(2)26-21-9-5-6-10-22(21)30-27(31-26)29-20-13-11-19(12-14-20)28-15-7-8-18-16-23(34-3)25(33)24(17-18)35-4/h5-6,9-10,16-17,19-20,28,33H,7-8,11-15H2,1-4H3,(H,29,30,31). The molecule has 1 aliphatic rings. The molecule has 8 heteroatoms. The average Bonchev–Trinajstić information content (AvgIpc) is 2.87. The summed E-state index contributed by atoms with van der Waals surface area (Å²) in [5.74, 6) is 2.60. The van der Waals surface area contributed by atoms with Gasteiger partial charge in [0.05, 0.1) is 19.7 Å². The van der Waals surface area contributed by atoms with Crippen LogP contribution >= 0.6 is 0 Å². The van der Waals surface area contributed by atoms with Crippen LogP contribution in [0, 0.1) is 0 Å². The molecule has 0 spiro atoms. The first kappa shape index (κ1) is 24.9. The summed E-state index contributed by atoms with van der Waals surface area (Å²) >= 11 is 0. The maximum Gasteiger partial charge on any atom is 0.225 e. The van der Waals surface area contributed by atoms with Gasteiger partial charge in [-0.2, -0.15) is 4.98 Å². The van der Waals surface area contributed by atoms with Gasteiger partial charge in [0.25, 0.3) is 0 Å². The molecule has 0 amide bonds. The summed E-state index contributed by atoms with van der Waals surface area (Å²) in [6.07, 6.45) is 6.35. The number of nitrogens with one attached hydrogen (secondary N) is 2. The highest BCUT2D eigenvalue weighted by molar-refractivity contribution is 5.90. The van der Waals surface area contributed by atoms with Crippen molar-refractivity contribution in [2.45, 2.75) is 50.6 Å². The molecule has 188 valence electrons. The van der Waals surface area contributed by atoms with Gasteiger partial charge in [-0.15, -0.1) is 0 Å². The van der Waals surface area contributed by atoms with E-state index in [-0.39, 0.29) is 5.75 Å². The van der Waals surface area contributed by atoms with E-state index in [0.717, 1.165) is 67.4 Å². The lowest BCUT2D eigenvalue weighted by molar-refractivity contribution is 0.338. The van der Waals surface area contributed by atoms with E-state index in [0.29, 0.717) is 29.5 Å². The van der Waals surface area contributed by atoms with E-state index in [2.05, 4.69) is 16.7 Å². The number of hydrogen-bond donors (Lipinski definition) is 3. The Morgan fingerprint density at radius 2 is 1.63 bits per heavy atom. The lowest BCUT2D eigenvalue weighted by Crippen LogP contribution is -2.37. The van der Waals surface area contributed by atoms with Crippen molar-refractivity contribution in [1.82, 2.24) is 15.3 Å². The van der Waals surface area contributed by atoms with Crippen molar-refractivity contribution in [3.63, 3.8) is 0 Å². The van der Waals surface area contributed by atoms with Crippen molar-refractivity contribution in [1.29, 1.82) is 0 Å². The normalized spacial score (nSPS) is 17.8. The number of ether oxygens (including phenoxy) is 2. The number of phenolic OH excluding ortho intramolecular Hbond substituents is 1. The number of fused-ring (bicyclic) bond motifs is 1. The molecule has 0 bridgehead atoms. The van der Waals surface area contributed by atoms with Crippen molar-refractivity contribution >= 4 is 22.7 Å². The summed E-state index contributed by atoms with van der Waals surface area (Å²) in [6, 6.07) is 12.8. The molecule has 4 rings (SSSR count). The van der Waals surface area contributed by atoms with Crippen molar-refractivity contribution < 1.29 is 14.6 Å². The second-order valence-electron chi connectivity index (χ2n) is 9.38. The number of para-hydroxylation sites is 1. The molecular weight excluding hydrogens is 442 g/mol. The maximum atomic E-state index is 10.1. The van der Waals surface area contributed by atoms with Crippen molar-refractivity contribution in [3.05, 3.63) is 42.0 Å². The van der Waals surface area contributed by atoms with Crippen LogP contribution in [0.1, 0.15) is 37.7 Å². The molecule has 1 fully saturated rings. The Morgan fingerprint density at radius 1 is 0.971 bits per heavy atom. The lowest BCUT2D eigenvalue weighted by Gasteiger charge is -2.30.